The average Bonchev–Trinajstić information content (AvgIpc) is 3.03. The molecule has 0 aliphatic heterocycles. The van der Waals surface area contributed by atoms with E-state index in [2.05, 4.69) is 0 Å². The molecule has 0 bridgehead atoms. The lowest BCUT2D eigenvalue weighted by Gasteiger charge is -2.12. The van der Waals surface area contributed by atoms with Crippen molar-refractivity contribution in [2.75, 3.05) is 0 Å². The summed E-state index contributed by atoms with van der Waals surface area (Å²) in [5.74, 6) is -1.64. The molecule has 3 aromatic rings. The van der Waals surface area contributed by atoms with E-state index in [0.717, 1.165) is 5.56 Å². The predicted molar refractivity (Wildman–Crippen MR) is 103 cm³/mol. The first-order valence-electron chi connectivity index (χ1n) is 8.14. The summed E-state index contributed by atoms with van der Waals surface area (Å²) in [4.78, 5) is 23.5. The predicted octanol–water partition coefficient (Wildman–Crippen LogP) is 5.71. The van der Waals surface area contributed by atoms with E-state index >= 15 is 0 Å². The molecule has 0 saturated heterocycles. The Labute approximate surface area is 165 Å². The summed E-state index contributed by atoms with van der Waals surface area (Å²) >= 11 is 12.0. The van der Waals surface area contributed by atoms with Crippen molar-refractivity contribution >= 4 is 45.9 Å². The molecule has 0 amide bonds. The number of rotatable bonds is 6. The second-order valence-corrected chi connectivity index (χ2v) is 6.99. The third-order valence-electron chi connectivity index (χ3n) is 4.32. The van der Waals surface area contributed by atoms with Crippen LogP contribution in [0, 0.1) is 0 Å². The molecule has 7 heteroatoms. The highest BCUT2D eigenvalue weighted by Gasteiger charge is 2.23. The highest BCUT2D eigenvalue weighted by atomic mass is 35.5. The van der Waals surface area contributed by atoms with Crippen LogP contribution in [-0.2, 0) is 11.4 Å². The molecule has 140 valence electrons. The Morgan fingerprint density at radius 2 is 1.96 bits per heavy atom. The van der Waals surface area contributed by atoms with E-state index in [0.29, 0.717) is 32.3 Å². The van der Waals surface area contributed by atoms with Crippen molar-refractivity contribution in [3.8, 4) is 5.75 Å². The highest BCUT2D eigenvalue weighted by molar-refractivity contribution is 6.35. The van der Waals surface area contributed by atoms with Crippen LogP contribution in [0.2, 0.25) is 10.0 Å². The van der Waals surface area contributed by atoms with Crippen molar-refractivity contribution in [2.24, 2.45) is 0 Å². The van der Waals surface area contributed by atoms with E-state index in [9.17, 15) is 14.7 Å². The number of ether oxygens (including phenoxy) is 1. The third-order valence-corrected chi connectivity index (χ3v) is 4.91. The van der Waals surface area contributed by atoms with Gasteiger partial charge < -0.3 is 14.3 Å². The van der Waals surface area contributed by atoms with Gasteiger partial charge in [-0.3, -0.25) is 9.59 Å². The number of carboxylic acids is 1. The van der Waals surface area contributed by atoms with Crippen LogP contribution >= 0.6 is 23.2 Å². The van der Waals surface area contributed by atoms with Gasteiger partial charge in [0.15, 0.2) is 5.78 Å². The lowest BCUT2D eigenvalue weighted by Crippen LogP contribution is -2.07. The van der Waals surface area contributed by atoms with Gasteiger partial charge in [0.05, 0.1) is 12.2 Å². The number of Topliss-reactive ketones (excluding diaryl/α,β-unsaturated/α-hetero) is 1. The molecule has 1 N–H and O–H groups in total. The second kappa shape index (κ2) is 7.62. The summed E-state index contributed by atoms with van der Waals surface area (Å²) in [5.41, 5.74) is 1.80. The molecule has 0 saturated carbocycles. The Bertz CT molecular complexity index is 1040. The van der Waals surface area contributed by atoms with Crippen molar-refractivity contribution in [1.29, 1.82) is 0 Å². The van der Waals surface area contributed by atoms with Crippen LogP contribution in [-0.4, -0.2) is 16.9 Å². The standard InChI is InChI=1S/C20H16Cl2O5/c1-10(20(24)25)15-9-27-19-14(15)5-6-17(18(19)11(2)23)26-8-12-3-4-13(21)7-16(12)22/h3-7,9-10H,8H2,1-2H3,(H,24,25). The van der Waals surface area contributed by atoms with Gasteiger partial charge in [0.2, 0.25) is 0 Å². The van der Waals surface area contributed by atoms with Crippen molar-refractivity contribution in [3.05, 3.63) is 63.3 Å². The number of carbonyl (C=O) groups excluding carboxylic acids is 1. The fourth-order valence-corrected chi connectivity index (χ4v) is 3.28. The fraction of sp³-hybridized carbons (Fsp3) is 0.200. The molecule has 27 heavy (non-hydrogen) atoms. The van der Waals surface area contributed by atoms with Crippen LogP contribution in [0.1, 0.15) is 41.3 Å². The molecule has 0 aliphatic carbocycles. The zero-order valence-corrected chi connectivity index (χ0v) is 16.1. The summed E-state index contributed by atoms with van der Waals surface area (Å²) in [5, 5.41) is 10.8. The SMILES string of the molecule is CC(=O)c1c(OCc2ccc(Cl)cc2Cl)ccc2c(C(C)C(=O)O)coc12. The molecule has 1 heterocycles. The van der Waals surface area contributed by atoms with E-state index in [1.54, 1.807) is 37.3 Å². The second-order valence-electron chi connectivity index (χ2n) is 6.15. The molecule has 3 rings (SSSR count). The van der Waals surface area contributed by atoms with Gasteiger partial charge in [-0.05, 0) is 38.1 Å². The molecule has 0 fully saturated rings. The van der Waals surface area contributed by atoms with Gasteiger partial charge in [-0.25, -0.2) is 0 Å². The monoisotopic (exact) mass is 406 g/mol. The number of hydrogen-bond donors (Lipinski definition) is 1. The minimum atomic E-state index is -0.972. The Kier molecular flexibility index (Phi) is 5.44. The largest absolute Gasteiger partial charge is 0.488 e. The number of carboxylic acid groups (broad SMARTS) is 1. The topological polar surface area (TPSA) is 76.7 Å². The molecular weight excluding hydrogens is 391 g/mol. The number of fused-ring (bicyclic) bond motifs is 1. The molecule has 0 aliphatic rings. The number of aliphatic carboxylic acids is 1. The van der Waals surface area contributed by atoms with Gasteiger partial charge >= 0.3 is 5.97 Å². The molecule has 1 atom stereocenters. The first-order valence-corrected chi connectivity index (χ1v) is 8.89. The van der Waals surface area contributed by atoms with Gasteiger partial charge in [0.25, 0.3) is 0 Å². The maximum Gasteiger partial charge on any atom is 0.310 e. The molecule has 0 spiro atoms. The molecule has 1 unspecified atom stereocenters. The van der Waals surface area contributed by atoms with Gasteiger partial charge in [-0.1, -0.05) is 29.3 Å². The molecule has 0 radical (unpaired) electrons. The summed E-state index contributed by atoms with van der Waals surface area (Å²) < 4.78 is 11.3. The van der Waals surface area contributed by atoms with Gasteiger partial charge in [0, 0.05) is 26.6 Å². The van der Waals surface area contributed by atoms with Crippen LogP contribution in [0.4, 0.5) is 0 Å². The fourth-order valence-electron chi connectivity index (χ4n) is 2.82. The van der Waals surface area contributed by atoms with Crippen LogP contribution in [0.25, 0.3) is 11.0 Å². The van der Waals surface area contributed by atoms with Gasteiger partial charge in [0.1, 0.15) is 23.5 Å². The summed E-state index contributed by atoms with van der Waals surface area (Å²) in [6, 6.07) is 8.39. The summed E-state index contributed by atoms with van der Waals surface area (Å²) in [6.07, 6.45) is 1.37. The number of hydrogen-bond acceptors (Lipinski definition) is 4. The van der Waals surface area contributed by atoms with Crippen molar-refractivity contribution < 1.29 is 23.8 Å². The summed E-state index contributed by atoms with van der Waals surface area (Å²) in [6.45, 7) is 3.10. The zero-order valence-electron chi connectivity index (χ0n) is 14.6. The highest BCUT2D eigenvalue weighted by Crippen LogP contribution is 2.35. The Balaban J connectivity index is 1.99. The molecule has 1 aromatic heterocycles. The van der Waals surface area contributed by atoms with Crippen LogP contribution in [0.3, 0.4) is 0 Å². The van der Waals surface area contributed by atoms with Gasteiger partial charge in [-0.15, -0.1) is 0 Å². The van der Waals surface area contributed by atoms with Crippen molar-refractivity contribution in [1.82, 2.24) is 0 Å². The third kappa shape index (κ3) is 3.80. The van der Waals surface area contributed by atoms with Crippen molar-refractivity contribution in [2.45, 2.75) is 26.4 Å². The minimum Gasteiger partial charge on any atom is -0.488 e. The van der Waals surface area contributed by atoms with Gasteiger partial charge in [-0.2, -0.15) is 0 Å². The lowest BCUT2D eigenvalue weighted by molar-refractivity contribution is -0.138. The average molecular weight is 407 g/mol. The van der Waals surface area contributed by atoms with Crippen LogP contribution in [0.15, 0.2) is 41.0 Å². The van der Waals surface area contributed by atoms with Crippen molar-refractivity contribution in [3.63, 3.8) is 0 Å². The van der Waals surface area contributed by atoms with Crippen LogP contribution < -0.4 is 4.74 Å². The normalized spacial score (nSPS) is 12.1. The number of furan rings is 1. The number of halogens is 2. The van der Waals surface area contributed by atoms with E-state index < -0.39 is 11.9 Å². The molecule has 5 nitrogen and oxygen atoms in total. The quantitative estimate of drug-likeness (QED) is 0.530. The zero-order chi connectivity index (χ0) is 19.7. The van der Waals surface area contributed by atoms with E-state index in [1.807, 2.05) is 0 Å². The first-order chi connectivity index (χ1) is 12.8. The van der Waals surface area contributed by atoms with Crippen LogP contribution in [0.5, 0.6) is 5.75 Å². The Hall–Kier alpha value is -2.50. The molecule has 2 aromatic carbocycles. The van der Waals surface area contributed by atoms with E-state index in [1.165, 1.54) is 13.2 Å². The Morgan fingerprint density at radius 3 is 2.59 bits per heavy atom. The number of ketones is 1. The minimum absolute atomic E-state index is 0.140. The lowest BCUT2D eigenvalue weighted by atomic mass is 9.98. The number of benzene rings is 2. The summed E-state index contributed by atoms with van der Waals surface area (Å²) in [7, 11) is 0. The smallest absolute Gasteiger partial charge is 0.310 e. The first kappa shape index (κ1) is 19.3. The van der Waals surface area contributed by atoms with E-state index in [4.69, 9.17) is 32.4 Å². The Morgan fingerprint density at radius 1 is 1.22 bits per heavy atom. The maximum absolute atomic E-state index is 12.2. The molecular formula is C20H16Cl2O5. The number of carbonyl (C=O) groups is 2. The maximum atomic E-state index is 12.2. The van der Waals surface area contributed by atoms with E-state index in [-0.39, 0.29) is 18.0 Å².